The number of aromatic nitrogens is 2. The lowest BCUT2D eigenvalue weighted by Gasteiger charge is -2.14. The summed E-state index contributed by atoms with van der Waals surface area (Å²) in [4.78, 5) is 10.5. The average Bonchev–Trinajstić information content (AvgIpc) is 3.35. The van der Waals surface area contributed by atoms with E-state index in [0.717, 1.165) is 50.3 Å². The Morgan fingerprint density at radius 2 is 0.417 bits per heavy atom. The second-order valence-electron chi connectivity index (χ2n) is 15.1. The first-order valence-corrected chi connectivity index (χ1v) is 20.4. The van der Waals surface area contributed by atoms with E-state index in [4.69, 9.17) is 9.97 Å². The maximum atomic E-state index is 5.32. The third-order valence-corrected chi connectivity index (χ3v) is 11.0. The maximum absolute atomic E-state index is 5.32. The van der Waals surface area contributed by atoms with Gasteiger partial charge >= 0.3 is 0 Å². The molecule has 0 unspecified atom stereocenters. The highest BCUT2D eigenvalue weighted by molar-refractivity contribution is 5.85. The molecule has 10 aromatic rings. The van der Waals surface area contributed by atoms with Crippen molar-refractivity contribution in [2.75, 3.05) is 0 Å². The molecule has 0 N–H and O–H groups in total. The second kappa shape index (κ2) is 16.5. The molecule has 0 bridgehead atoms. The quantitative estimate of drug-likeness (QED) is 0.146. The molecular formula is C58H40N2. The predicted octanol–water partition coefficient (Wildman–Crippen LogP) is 15.5. The van der Waals surface area contributed by atoms with Gasteiger partial charge in [0.2, 0.25) is 0 Å². The van der Waals surface area contributed by atoms with Crippen molar-refractivity contribution < 1.29 is 0 Å². The molecule has 2 heteroatoms. The van der Waals surface area contributed by atoms with E-state index in [1.54, 1.807) is 0 Å². The van der Waals surface area contributed by atoms with E-state index in [1.807, 2.05) is 6.07 Å². The first-order chi connectivity index (χ1) is 29.7. The fourth-order valence-corrected chi connectivity index (χ4v) is 7.95. The summed E-state index contributed by atoms with van der Waals surface area (Å²) in [6.07, 6.45) is 0. The zero-order chi connectivity index (χ0) is 40.1. The van der Waals surface area contributed by atoms with Gasteiger partial charge in [-0.05, 0) is 121 Å². The van der Waals surface area contributed by atoms with E-state index in [9.17, 15) is 0 Å². The van der Waals surface area contributed by atoms with Gasteiger partial charge in [-0.3, -0.25) is 0 Å². The van der Waals surface area contributed by atoms with Crippen LogP contribution in [-0.2, 0) is 0 Å². The Labute approximate surface area is 351 Å². The minimum atomic E-state index is 0.679. The van der Waals surface area contributed by atoms with Crippen LogP contribution in [-0.4, -0.2) is 9.97 Å². The fraction of sp³-hybridized carbons (Fsp3) is 0. The number of benzene rings is 9. The first-order valence-electron chi connectivity index (χ1n) is 20.4. The van der Waals surface area contributed by atoms with Gasteiger partial charge in [-0.1, -0.05) is 188 Å². The van der Waals surface area contributed by atoms with Crippen LogP contribution in [0, 0.1) is 0 Å². The predicted molar refractivity (Wildman–Crippen MR) is 251 cm³/mol. The standard InChI is InChI=1S/C58H40N2/c1-6-18-41(19-7-1)50-34-51(42-20-8-2-9-21-42)37-54(36-50)46-28-16-30-48(32-46)57-40-56(45-26-14-5-15-27-45)59-58(60-57)49-31-17-29-47(33-49)55-38-52(43-22-10-3-11-23-43)35-53(39-55)44-24-12-4-13-25-44/h1-40H. The fourth-order valence-electron chi connectivity index (χ4n) is 7.95. The molecule has 0 amide bonds. The molecule has 0 aliphatic rings. The van der Waals surface area contributed by atoms with Gasteiger partial charge in [0.25, 0.3) is 0 Å². The summed E-state index contributed by atoms with van der Waals surface area (Å²) in [5.74, 6) is 0.679. The van der Waals surface area contributed by atoms with Crippen LogP contribution in [0.15, 0.2) is 243 Å². The van der Waals surface area contributed by atoms with Crippen molar-refractivity contribution in [3.05, 3.63) is 243 Å². The zero-order valence-electron chi connectivity index (χ0n) is 33.0. The Balaban J connectivity index is 1.09. The molecular weight excluding hydrogens is 725 g/mol. The van der Waals surface area contributed by atoms with E-state index in [-0.39, 0.29) is 0 Å². The molecule has 1 heterocycles. The molecule has 1 aromatic heterocycles. The van der Waals surface area contributed by atoms with E-state index in [2.05, 4.69) is 237 Å². The maximum Gasteiger partial charge on any atom is 0.160 e. The molecule has 0 spiro atoms. The minimum Gasteiger partial charge on any atom is -0.228 e. The van der Waals surface area contributed by atoms with E-state index >= 15 is 0 Å². The van der Waals surface area contributed by atoms with Crippen LogP contribution in [0.1, 0.15) is 0 Å². The van der Waals surface area contributed by atoms with Crippen molar-refractivity contribution in [1.82, 2.24) is 9.97 Å². The Kier molecular flexibility index (Phi) is 10.0. The Morgan fingerprint density at radius 1 is 0.167 bits per heavy atom. The lowest BCUT2D eigenvalue weighted by Crippen LogP contribution is -1.96. The summed E-state index contributed by atoms with van der Waals surface area (Å²) < 4.78 is 0. The van der Waals surface area contributed by atoms with Crippen LogP contribution < -0.4 is 0 Å². The van der Waals surface area contributed by atoms with Crippen molar-refractivity contribution in [1.29, 1.82) is 0 Å². The first kappa shape index (κ1) is 36.4. The number of hydrogen-bond donors (Lipinski definition) is 0. The molecule has 0 aliphatic heterocycles. The molecule has 0 saturated heterocycles. The van der Waals surface area contributed by atoms with E-state index in [0.29, 0.717) is 5.82 Å². The topological polar surface area (TPSA) is 25.8 Å². The molecule has 0 fully saturated rings. The van der Waals surface area contributed by atoms with Gasteiger partial charge in [0.15, 0.2) is 5.82 Å². The van der Waals surface area contributed by atoms with Gasteiger partial charge in [0, 0.05) is 16.7 Å². The molecule has 9 aromatic carbocycles. The summed E-state index contributed by atoms with van der Waals surface area (Å²) in [6, 6.07) is 86.1. The van der Waals surface area contributed by atoms with Gasteiger partial charge < -0.3 is 0 Å². The number of nitrogens with zero attached hydrogens (tertiary/aromatic N) is 2. The highest BCUT2D eigenvalue weighted by Gasteiger charge is 2.15. The van der Waals surface area contributed by atoms with Gasteiger partial charge in [-0.2, -0.15) is 0 Å². The van der Waals surface area contributed by atoms with Gasteiger partial charge in [0.05, 0.1) is 11.4 Å². The summed E-state index contributed by atoms with van der Waals surface area (Å²) in [6.45, 7) is 0. The van der Waals surface area contributed by atoms with Crippen LogP contribution in [0.25, 0.3) is 101 Å². The highest BCUT2D eigenvalue weighted by atomic mass is 14.9. The smallest absolute Gasteiger partial charge is 0.160 e. The molecule has 2 nitrogen and oxygen atoms in total. The summed E-state index contributed by atoms with van der Waals surface area (Å²) >= 11 is 0. The summed E-state index contributed by atoms with van der Waals surface area (Å²) in [5.41, 5.74) is 18.7. The van der Waals surface area contributed by atoms with Crippen molar-refractivity contribution >= 4 is 0 Å². The van der Waals surface area contributed by atoms with Gasteiger partial charge in [-0.15, -0.1) is 0 Å². The van der Waals surface area contributed by atoms with Crippen molar-refractivity contribution in [2.45, 2.75) is 0 Å². The molecule has 60 heavy (non-hydrogen) atoms. The Morgan fingerprint density at radius 3 is 0.800 bits per heavy atom. The lowest BCUT2D eigenvalue weighted by atomic mass is 9.92. The molecule has 0 radical (unpaired) electrons. The third-order valence-electron chi connectivity index (χ3n) is 11.0. The van der Waals surface area contributed by atoms with Crippen LogP contribution in [0.3, 0.4) is 0 Å². The molecule has 0 aliphatic carbocycles. The molecule has 282 valence electrons. The minimum absolute atomic E-state index is 0.679. The lowest BCUT2D eigenvalue weighted by molar-refractivity contribution is 1.18. The van der Waals surface area contributed by atoms with Crippen LogP contribution in [0.4, 0.5) is 0 Å². The Hall–Kier alpha value is -7.94. The van der Waals surface area contributed by atoms with E-state index in [1.165, 1.54) is 44.5 Å². The van der Waals surface area contributed by atoms with Crippen LogP contribution in [0.5, 0.6) is 0 Å². The van der Waals surface area contributed by atoms with Crippen LogP contribution >= 0.6 is 0 Å². The normalized spacial score (nSPS) is 11.0. The summed E-state index contributed by atoms with van der Waals surface area (Å²) in [5, 5.41) is 0. The number of hydrogen-bond acceptors (Lipinski definition) is 2. The van der Waals surface area contributed by atoms with Crippen molar-refractivity contribution in [2.24, 2.45) is 0 Å². The van der Waals surface area contributed by atoms with Gasteiger partial charge in [-0.25, -0.2) is 9.97 Å². The highest BCUT2D eigenvalue weighted by Crippen LogP contribution is 2.37. The molecule has 0 saturated carbocycles. The second-order valence-corrected chi connectivity index (χ2v) is 15.1. The number of rotatable bonds is 9. The monoisotopic (exact) mass is 764 g/mol. The molecule has 0 atom stereocenters. The zero-order valence-corrected chi connectivity index (χ0v) is 33.0. The Bertz CT molecular complexity index is 2750. The van der Waals surface area contributed by atoms with Crippen LogP contribution in [0.2, 0.25) is 0 Å². The van der Waals surface area contributed by atoms with Gasteiger partial charge in [0.1, 0.15) is 0 Å². The third kappa shape index (κ3) is 7.83. The SMILES string of the molecule is c1ccc(-c2cc(-c3ccccc3)cc(-c3cccc(-c4cc(-c5ccccc5)nc(-c5cccc(-c6cc(-c7ccccc7)cc(-c7ccccc7)c6)c5)n4)c3)c2)cc1. The molecule has 10 rings (SSSR count). The average molecular weight is 765 g/mol. The largest absolute Gasteiger partial charge is 0.228 e. The summed E-state index contributed by atoms with van der Waals surface area (Å²) in [7, 11) is 0. The van der Waals surface area contributed by atoms with E-state index < -0.39 is 0 Å². The van der Waals surface area contributed by atoms with Crippen molar-refractivity contribution in [3.8, 4) is 101 Å². The van der Waals surface area contributed by atoms with Crippen molar-refractivity contribution in [3.63, 3.8) is 0 Å².